The molecular formula is C14H28O3. The Balaban J connectivity index is 0. The first-order valence-electron chi connectivity index (χ1n) is 6.39. The zero-order valence-electron chi connectivity index (χ0n) is 11.4. The van der Waals surface area contributed by atoms with Crippen LogP contribution in [0.15, 0.2) is 24.7 Å². The summed E-state index contributed by atoms with van der Waals surface area (Å²) in [6, 6.07) is 0. The number of allylic oxidation sites excluding steroid dienone is 2. The maximum atomic E-state index is 8.91. The van der Waals surface area contributed by atoms with Crippen LogP contribution in [0, 0.1) is 0 Å². The first-order chi connectivity index (χ1) is 8.22. The molecule has 102 valence electrons. The van der Waals surface area contributed by atoms with Crippen LogP contribution in [-0.4, -0.2) is 22.9 Å². The van der Waals surface area contributed by atoms with Gasteiger partial charge in [-0.05, 0) is 20.3 Å². The predicted octanol–water partition coefficient (Wildman–Crippen LogP) is 3.38. The summed E-state index contributed by atoms with van der Waals surface area (Å²) in [5.41, 5.74) is 0. The SMILES string of the molecule is CC=COC=CC.CCCCCCC(O)CO. The van der Waals surface area contributed by atoms with Crippen LogP contribution in [0.3, 0.4) is 0 Å². The highest BCUT2D eigenvalue weighted by Crippen LogP contribution is 2.04. The number of ether oxygens (including phenoxy) is 1. The molecule has 0 aliphatic heterocycles. The van der Waals surface area contributed by atoms with E-state index in [2.05, 4.69) is 6.92 Å². The molecule has 0 radical (unpaired) electrons. The maximum absolute atomic E-state index is 8.91. The van der Waals surface area contributed by atoms with E-state index in [1.54, 1.807) is 12.5 Å². The minimum atomic E-state index is -0.489. The molecule has 0 rings (SSSR count). The third-order valence-corrected chi connectivity index (χ3v) is 2.03. The number of aliphatic hydroxyl groups excluding tert-OH is 2. The number of hydrogen-bond acceptors (Lipinski definition) is 3. The molecule has 0 aromatic rings. The van der Waals surface area contributed by atoms with Gasteiger partial charge in [0.2, 0.25) is 0 Å². The molecule has 0 heterocycles. The van der Waals surface area contributed by atoms with Gasteiger partial charge >= 0.3 is 0 Å². The second kappa shape index (κ2) is 17.6. The van der Waals surface area contributed by atoms with Gasteiger partial charge in [0.15, 0.2) is 0 Å². The number of unbranched alkanes of at least 4 members (excludes halogenated alkanes) is 3. The van der Waals surface area contributed by atoms with Gasteiger partial charge in [0.1, 0.15) is 0 Å². The van der Waals surface area contributed by atoms with Crippen molar-refractivity contribution in [2.75, 3.05) is 6.61 Å². The van der Waals surface area contributed by atoms with Crippen LogP contribution in [0.4, 0.5) is 0 Å². The normalized spacial score (nSPS) is 12.5. The van der Waals surface area contributed by atoms with Gasteiger partial charge in [-0.1, -0.05) is 44.8 Å². The van der Waals surface area contributed by atoms with Crippen LogP contribution in [0.2, 0.25) is 0 Å². The molecule has 17 heavy (non-hydrogen) atoms. The van der Waals surface area contributed by atoms with E-state index in [-0.39, 0.29) is 6.61 Å². The summed E-state index contributed by atoms with van der Waals surface area (Å²) in [4.78, 5) is 0. The van der Waals surface area contributed by atoms with E-state index >= 15 is 0 Å². The van der Waals surface area contributed by atoms with Gasteiger partial charge in [-0.15, -0.1) is 0 Å². The largest absolute Gasteiger partial charge is 0.473 e. The van der Waals surface area contributed by atoms with E-state index in [0.29, 0.717) is 0 Å². The van der Waals surface area contributed by atoms with Crippen molar-refractivity contribution in [3.8, 4) is 0 Å². The van der Waals surface area contributed by atoms with Crippen molar-refractivity contribution in [3.63, 3.8) is 0 Å². The molecule has 0 amide bonds. The Morgan fingerprint density at radius 2 is 1.65 bits per heavy atom. The molecule has 3 heteroatoms. The standard InChI is InChI=1S/C8H18O2.C6H10O/c1-2-3-4-5-6-8(10)7-9;1-3-5-7-6-4-2/h8-10H,2-7H2,1H3;3-6H,1-2H3. The third-order valence-electron chi connectivity index (χ3n) is 2.03. The fraction of sp³-hybridized carbons (Fsp3) is 0.714. The minimum absolute atomic E-state index is 0.0911. The van der Waals surface area contributed by atoms with Gasteiger partial charge in [-0.25, -0.2) is 0 Å². The van der Waals surface area contributed by atoms with Crippen LogP contribution in [-0.2, 0) is 4.74 Å². The van der Waals surface area contributed by atoms with Gasteiger partial charge in [-0.2, -0.15) is 0 Å². The molecule has 3 nitrogen and oxygen atoms in total. The van der Waals surface area contributed by atoms with Crippen molar-refractivity contribution < 1.29 is 14.9 Å². The van der Waals surface area contributed by atoms with Crippen molar-refractivity contribution in [2.24, 2.45) is 0 Å². The molecule has 0 aromatic carbocycles. The number of hydrogen-bond donors (Lipinski definition) is 2. The quantitative estimate of drug-likeness (QED) is 0.508. The summed E-state index contributed by atoms with van der Waals surface area (Å²) in [5, 5.41) is 17.3. The topological polar surface area (TPSA) is 49.7 Å². The molecule has 0 spiro atoms. The molecular weight excluding hydrogens is 216 g/mol. The lowest BCUT2D eigenvalue weighted by atomic mass is 10.1. The number of rotatable bonds is 8. The van der Waals surface area contributed by atoms with Crippen LogP contribution in [0.5, 0.6) is 0 Å². The molecule has 0 aliphatic rings. The molecule has 0 saturated heterocycles. The molecule has 0 aromatic heterocycles. The molecule has 0 saturated carbocycles. The van der Waals surface area contributed by atoms with E-state index in [0.717, 1.165) is 12.8 Å². The van der Waals surface area contributed by atoms with Crippen LogP contribution >= 0.6 is 0 Å². The van der Waals surface area contributed by atoms with Crippen molar-refractivity contribution in [1.82, 2.24) is 0 Å². The lowest BCUT2D eigenvalue weighted by molar-refractivity contribution is 0.0860. The van der Waals surface area contributed by atoms with Gasteiger partial charge in [0.25, 0.3) is 0 Å². The molecule has 0 fully saturated rings. The summed E-state index contributed by atoms with van der Waals surface area (Å²) in [7, 11) is 0. The van der Waals surface area contributed by atoms with E-state index in [1.807, 2.05) is 26.0 Å². The van der Waals surface area contributed by atoms with E-state index < -0.39 is 6.10 Å². The van der Waals surface area contributed by atoms with Gasteiger partial charge < -0.3 is 14.9 Å². The first-order valence-corrected chi connectivity index (χ1v) is 6.39. The highest BCUT2D eigenvalue weighted by atomic mass is 16.5. The summed E-state index contributed by atoms with van der Waals surface area (Å²) < 4.78 is 4.77. The van der Waals surface area contributed by atoms with E-state index in [9.17, 15) is 0 Å². The Kier molecular flexibility index (Phi) is 19.2. The lowest BCUT2D eigenvalue weighted by Gasteiger charge is -2.04. The maximum Gasteiger partial charge on any atom is 0.0858 e. The summed E-state index contributed by atoms with van der Waals surface area (Å²) in [6.45, 7) is 5.88. The minimum Gasteiger partial charge on any atom is -0.473 e. The summed E-state index contributed by atoms with van der Waals surface area (Å²) in [5.74, 6) is 0. The Bertz CT molecular complexity index is 166. The second-order valence-electron chi connectivity index (χ2n) is 3.76. The van der Waals surface area contributed by atoms with Crippen LogP contribution < -0.4 is 0 Å². The summed E-state index contributed by atoms with van der Waals surface area (Å²) in [6.07, 6.45) is 11.8. The fourth-order valence-corrected chi connectivity index (χ4v) is 1.10. The van der Waals surface area contributed by atoms with Gasteiger partial charge in [0.05, 0.1) is 25.2 Å². The zero-order chi connectivity index (χ0) is 13.4. The molecule has 1 unspecified atom stereocenters. The Hall–Kier alpha value is -0.800. The lowest BCUT2D eigenvalue weighted by Crippen LogP contribution is -2.10. The molecule has 0 bridgehead atoms. The Morgan fingerprint density at radius 3 is 2.06 bits per heavy atom. The van der Waals surface area contributed by atoms with Crippen molar-refractivity contribution in [2.45, 2.75) is 59.0 Å². The predicted molar refractivity (Wildman–Crippen MR) is 72.6 cm³/mol. The Morgan fingerprint density at radius 1 is 1.06 bits per heavy atom. The number of aliphatic hydroxyl groups is 2. The van der Waals surface area contributed by atoms with Crippen LogP contribution in [0.1, 0.15) is 52.9 Å². The van der Waals surface area contributed by atoms with Crippen molar-refractivity contribution in [3.05, 3.63) is 24.7 Å². The van der Waals surface area contributed by atoms with Crippen molar-refractivity contribution >= 4 is 0 Å². The average molecular weight is 244 g/mol. The molecule has 2 N–H and O–H groups in total. The van der Waals surface area contributed by atoms with E-state index in [4.69, 9.17) is 14.9 Å². The average Bonchev–Trinajstić information content (AvgIpc) is 2.36. The summed E-state index contributed by atoms with van der Waals surface area (Å²) >= 11 is 0. The smallest absolute Gasteiger partial charge is 0.0858 e. The third kappa shape index (κ3) is 21.1. The van der Waals surface area contributed by atoms with E-state index in [1.165, 1.54) is 19.3 Å². The Labute approximate surface area is 106 Å². The molecule has 1 atom stereocenters. The highest BCUT2D eigenvalue weighted by molar-refractivity contribution is 4.73. The second-order valence-corrected chi connectivity index (χ2v) is 3.76. The first kappa shape index (κ1) is 18.6. The van der Waals surface area contributed by atoms with Gasteiger partial charge in [0, 0.05) is 0 Å². The monoisotopic (exact) mass is 244 g/mol. The zero-order valence-corrected chi connectivity index (χ0v) is 11.4. The molecule has 0 aliphatic carbocycles. The van der Waals surface area contributed by atoms with Gasteiger partial charge in [-0.3, -0.25) is 0 Å². The van der Waals surface area contributed by atoms with Crippen LogP contribution in [0.25, 0.3) is 0 Å². The van der Waals surface area contributed by atoms with Crippen molar-refractivity contribution in [1.29, 1.82) is 0 Å². The fourth-order valence-electron chi connectivity index (χ4n) is 1.10. The highest BCUT2D eigenvalue weighted by Gasteiger charge is 1.99.